The molecule has 6 aromatic carbocycles. The van der Waals surface area contributed by atoms with Crippen molar-refractivity contribution >= 4 is 43.7 Å². The van der Waals surface area contributed by atoms with Gasteiger partial charge in [0.05, 0.1) is 44.5 Å². The lowest BCUT2D eigenvalue weighted by molar-refractivity contribution is -0.144. The van der Waals surface area contributed by atoms with E-state index in [1.165, 1.54) is 24.3 Å². The number of Topliss-reactive ketones (excluding diaryl/α,β-unsaturated/α-hetero) is 1. The second-order valence-corrected chi connectivity index (χ2v) is 19.4. The van der Waals surface area contributed by atoms with E-state index in [9.17, 15) is 119 Å². The van der Waals surface area contributed by atoms with Crippen molar-refractivity contribution in [3.05, 3.63) is 177 Å². The molecule has 0 bridgehead atoms. The molecule has 0 aliphatic rings. The van der Waals surface area contributed by atoms with Crippen molar-refractivity contribution in [1.82, 2.24) is 0 Å². The van der Waals surface area contributed by atoms with E-state index in [4.69, 9.17) is 0 Å². The first-order valence-electron chi connectivity index (χ1n) is 20.4. The second-order valence-electron chi connectivity index (χ2n) is 16.7. The smallest absolute Gasteiger partial charge is 0.416 e. The number of hydrogen-bond acceptors (Lipinski definition) is 3. The van der Waals surface area contributed by atoms with Crippen LogP contribution in [-0.2, 0) is 63.6 Å². The molecule has 0 saturated carbocycles. The van der Waals surface area contributed by atoms with Gasteiger partial charge in [-0.15, -0.1) is 0 Å². The van der Waals surface area contributed by atoms with E-state index in [0.717, 1.165) is 0 Å². The fourth-order valence-electron chi connectivity index (χ4n) is 7.84. The molecular weight excluding hydrogens is 1110 g/mol. The molecule has 6 aromatic rings. The molecule has 0 radical (unpaired) electrons. The molecule has 410 valence electrons. The zero-order chi connectivity index (χ0) is 57.8. The summed E-state index contributed by atoms with van der Waals surface area (Å²) < 4.78 is 353. The van der Waals surface area contributed by atoms with Gasteiger partial charge in [-0.2, -0.15) is 127 Å². The van der Waals surface area contributed by atoms with Crippen molar-refractivity contribution in [2.24, 2.45) is 0 Å². The number of alkyl halides is 24. The quantitative estimate of drug-likeness (QED) is 0.0715. The summed E-state index contributed by atoms with van der Waals surface area (Å²) in [6, 6.07) is 6.18. The van der Waals surface area contributed by atoms with Crippen LogP contribution in [0.25, 0.3) is 0 Å². The lowest BCUT2D eigenvalue weighted by Gasteiger charge is -2.46. The van der Waals surface area contributed by atoms with E-state index < -0.39 is 205 Å². The number of carbonyl (C=O) groups is 1. The molecule has 29 heteroatoms. The topological polar surface area (TPSA) is 54.4 Å². The summed E-state index contributed by atoms with van der Waals surface area (Å²) in [6.07, 6.45) is -53.2. The van der Waals surface area contributed by atoms with Crippen molar-refractivity contribution in [2.75, 3.05) is 12.0 Å². The summed E-state index contributed by atoms with van der Waals surface area (Å²) in [5.41, 5.74) is -29.7. The van der Waals surface area contributed by atoms with Crippen molar-refractivity contribution in [1.29, 1.82) is 0 Å². The third-order valence-corrected chi connectivity index (χ3v) is 13.4. The number of rotatable bonds is 8. The van der Waals surface area contributed by atoms with Gasteiger partial charge in [0.25, 0.3) is 0 Å². The van der Waals surface area contributed by atoms with Gasteiger partial charge < -0.3 is 5.11 Å². The summed E-state index contributed by atoms with van der Waals surface area (Å²) in [5.74, 6) is -0.102. The van der Waals surface area contributed by atoms with Crippen LogP contribution in [0.5, 0.6) is 5.75 Å². The van der Waals surface area contributed by atoms with Crippen molar-refractivity contribution < 1.29 is 119 Å². The summed E-state index contributed by atoms with van der Waals surface area (Å²) in [6.45, 7) is 0. The Bertz CT molecular complexity index is 2690. The number of hydrogen-bond donors (Lipinski definition) is 1. The Hall–Kier alpha value is -6.68. The van der Waals surface area contributed by atoms with Gasteiger partial charge in [-0.05, 0) is 60.7 Å². The van der Waals surface area contributed by atoms with Crippen LogP contribution in [0.15, 0.2) is 132 Å². The molecule has 0 saturated heterocycles. The fraction of sp³-hybridized carbons (Fsp3) is 0.213. The highest BCUT2D eigenvalue weighted by molar-refractivity contribution is 8.03. The Labute approximate surface area is 412 Å². The minimum Gasteiger partial charge on any atom is -0.508 e. The Morgan fingerprint density at radius 3 is 0.816 bits per heavy atom. The lowest BCUT2D eigenvalue weighted by atomic mass is 9.12. The molecular formula is C47H27BF24O3S. The van der Waals surface area contributed by atoms with Crippen LogP contribution in [-0.4, -0.2) is 29.0 Å². The first kappa shape index (κ1) is 60.2. The zero-order valence-electron chi connectivity index (χ0n) is 37.2. The molecule has 0 aromatic heterocycles. The second kappa shape index (κ2) is 20.4. The van der Waals surface area contributed by atoms with Gasteiger partial charge in [0.1, 0.15) is 28.1 Å². The molecule has 0 spiro atoms. The van der Waals surface area contributed by atoms with Gasteiger partial charge in [-0.1, -0.05) is 70.9 Å². The molecule has 0 heterocycles. The maximum Gasteiger partial charge on any atom is 0.416 e. The molecule has 1 atom stereocenters. The average Bonchev–Trinajstić information content (AvgIpc) is 3.27. The maximum absolute atomic E-state index is 14.2. The molecule has 0 amide bonds. The van der Waals surface area contributed by atoms with E-state index in [1.54, 1.807) is 18.4 Å². The zero-order valence-corrected chi connectivity index (χ0v) is 38.0. The number of carbonyl (C=O) groups excluding carboxylic acids is 1. The van der Waals surface area contributed by atoms with Crippen molar-refractivity contribution in [2.45, 2.75) is 54.3 Å². The van der Waals surface area contributed by atoms with Crippen LogP contribution < -0.4 is 21.9 Å². The van der Waals surface area contributed by atoms with Gasteiger partial charge in [0.15, 0.2) is 10.6 Å². The van der Waals surface area contributed by atoms with E-state index in [-0.39, 0.29) is 17.3 Å². The first-order valence-corrected chi connectivity index (χ1v) is 22.6. The maximum atomic E-state index is 14.2. The predicted molar refractivity (Wildman–Crippen MR) is 226 cm³/mol. The van der Waals surface area contributed by atoms with Gasteiger partial charge in [-0.25, -0.2) is 0 Å². The Morgan fingerprint density at radius 1 is 0.382 bits per heavy atom. The average molecular weight is 1140 g/mol. The highest BCUT2D eigenvalue weighted by Gasteiger charge is 2.47. The molecule has 0 aliphatic carbocycles. The van der Waals surface area contributed by atoms with Crippen LogP contribution in [0.2, 0.25) is 0 Å². The Kier molecular flexibility index (Phi) is 16.1. The number of phenolic OH excluding ortho intramolecular Hbond substituents is 1. The van der Waals surface area contributed by atoms with Crippen LogP contribution in [0, 0.1) is 0 Å². The Morgan fingerprint density at radius 2 is 0.605 bits per heavy atom. The molecule has 76 heavy (non-hydrogen) atoms. The van der Waals surface area contributed by atoms with Crippen LogP contribution in [0.3, 0.4) is 0 Å². The van der Waals surface area contributed by atoms with Crippen molar-refractivity contribution in [3.63, 3.8) is 0 Å². The lowest BCUT2D eigenvalue weighted by Crippen LogP contribution is -2.75. The number of benzene rings is 6. The largest absolute Gasteiger partial charge is 0.508 e. The minimum absolute atomic E-state index is 0.0260. The van der Waals surface area contributed by atoms with Gasteiger partial charge in [0.2, 0.25) is 5.78 Å². The molecule has 0 aliphatic heterocycles. The molecule has 3 nitrogen and oxygen atoms in total. The molecule has 6 rings (SSSR count). The summed E-state index contributed by atoms with van der Waals surface area (Å²) in [4.78, 5) is 12.8. The first-order chi connectivity index (χ1) is 34.3. The molecule has 0 fully saturated rings. The predicted octanol–water partition coefficient (Wildman–Crippen LogP) is 14.0. The fourth-order valence-corrected chi connectivity index (χ4v) is 9.41. The van der Waals surface area contributed by atoms with Gasteiger partial charge in [-0.3, -0.25) is 4.79 Å². The van der Waals surface area contributed by atoms with Gasteiger partial charge >= 0.3 is 49.4 Å². The molecule has 1 N–H and O–H groups in total. The summed E-state index contributed by atoms with van der Waals surface area (Å²) >= 11 is 0. The number of halogens is 24. The number of ketones is 1. The van der Waals surface area contributed by atoms with E-state index in [0.29, 0.717) is 10.5 Å². The highest BCUT2D eigenvalue weighted by atomic mass is 32.2. The third kappa shape index (κ3) is 13.8. The van der Waals surface area contributed by atoms with Crippen LogP contribution in [0.4, 0.5) is 105 Å². The summed E-state index contributed by atoms with van der Waals surface area (Å²) in [7, 11) is -2.38. The van der Waals surface area contributed by atoms with E-state index in [2.05, 4.69) is 0 Å². The standard InChI is InChI=1S/C32H12BF24.C15H14O3S/c34-25(35,36)13-1-14(26(37,38)39)6-21(5-13)33(22-7-15(27(40,41)42)2-16(8-22)28(43,44)45,23-9-17(29(46,47)48)3-18(10-23)30(49,50)51)24-11-19(31(52,53)54)4-20(12-24)32(55,56)57;1-19(18,14-5-3-2-4-6-14)11-15(17)12-7-9-13(16)10-8-12/h1-12H;2-10H,11H2,1H3/q-1;/p+1. The SMILES string of the molecule is C[S+](=O)(CC(=O)c1ccc(O)cc1)c1ccccc1.FC(F)(F)c1cc([B-](c2cc(C(F)(F)F)cc(C(F)(F)F)c2)(c2cc(C(F)(F)F)cc(C(F)(F)F)c2)c2cc(C(F)(F)F)cc(C(F)(F)F)c2)cc(C(F)(F)F)c1. The van der Waals surface area contributed by atoms with Gasteiger partial charge in [0, 0.05) is 5.56 Å². The third-order valence-electron chi connectivity index (χ3n) is 11.3. The minimum atomic E-state index is -6.13. The van der Waals surface area contributed by atoms with Crippen LogP contribution in [0.1, 0.15) is 54.9 Å². The number of aromatic hydroxyl groups is 1. The highest BCUT2D eigenvalue weighted by Crippen LogP contribution is 2.41. The molecule has 1 unspecified atom stereocenters. The monoisotopic (exact) mass is 1140 g/mol. The van der Waals surface area contributed by atoms with Crippen LogP contribution >= 0.6 is 0 Å². The summed E-state index contributed by atoms with van der Waals surface area (Å²) in [5, 5.41) is 9.18. The Balaban J connectivity index is 0.000000468. The van der Waals surface area contributed by atoms with Crippen molar-refractivity contribution in [3.8, 4) is 5.75 Å². The van der Waals surface area contributed by atoms with E-state index in [1.807, 2.05) is 18.2 Å². The normalized spacial score (nSPS) is 14.2. The van der Waals surface area contributed by atoms with E-state index >= 15 is 0 Å². The number of phenols is 1.